The SMILES string of the molecule is COc1ccc(CNS(=O)(=O)c2ccc(CCO)s2)cc1. The molecule has 0 spiro atoms. The molecule has 0 aliphatic heterocycles. The van der Waals surface area contributed by atoms with Gasteiger partial charge in [0.15, 0.2) is 0 Å². The van der Waals surface area contributed by atoms with Gasteiger partial charge in [0.2, 0.25) is 10.0 Å². The molecular formula is C14H17NO4S2. The zero-order valence-electron chi connectivity index (χ0n) is 11.6. The summed E-state index contributed by atoms with van der Waals surface area (Å²) in [5, 5.41) is 8.86. The molecule has 0 saturated carbocycles. The van der Waals surface area contributed by atoms with Crippen molar-refractivity contribution in [3.05, 3.63) is 46.8 Å². The van der Waals surface area contributed by atoms with E-state index in [-0.39, 0.29) is 17.4 Å². The Morgan fingerprint density at radius 3 is 2.52 bits per heavy atom. The van der Waals surface area contributed by atoms with Crippen molar-refractivity contribution >= 4 is 21.4 Å². The van der Waals surface area contributed by atoms with Gasteiger partial charge in [-0.05, 0) is 29.8 Å². The number of hydrogen-bond donors (Lipinski definition) is 2. The quantitative estimate of drug-likeness (QED) is 0.813. The molecule has 2 rings (SSSR count). The van der Waals surface area contributed by atoms with Gasteiger partial charge in [0.25, 0.3) is 0 Å². The molecule has 0 bridgehead atoms. The second-order valence-electron chi connectivity index (χ2n) is 4.37. The van der Waals surface area contributed by atoms with Crippen molar-refractivity contribution in [2.75, 3.05) is 13.7 Å². The minimum absolute atomic E-state index is 0.0132. The van der Waals surface area contributed by atoms with Crippen molar-refractivity contribution in [2.45, 2.75) is 17.2 Å². The van der Waals surface area contributed by atoms with Gasteiger partial charge < -0.3 is 9.84 Å². The minimum atomic E-state index is -3.52. The molecule has 0 saturated heterocycles. The van der Waals surface area contributed by atoms with Crippen LogP contribution in [0, 0.1) is 0 Å². The van der Waals surface area contributed by atoms with Gasteiger partial charge in [0, 0.05) is 24.4 Å². The Morgan fingerprint density at radius 2 is 1.90 bits per heavy atom. The predicted octanol–water partition coefficient (Wildman–Crippen LogP) is 1.77. The maximum absolute atomic E-state index is 12.2. The normalized spacial score (nSPS) is 11.5. The van der Waals surface area contributed by atoms with Crippen LogP contribution in [0.3, 0.4) is 0 Å². The Hall–Kier alpha value is -1.41. The van der Waals surface area contributed by atoms with Crippen LogP contribution in [0.2, 0.25) is 0 Å². The lowest BCUT2D eigenvalue weighted by Gasteiger charge is -2.06. The highest BCUT2D eigenvalue weighted by Gasteiger charge is 2.16. The van der Waals surface area contributed by atoms with E-state index < -0.39 is 10.0 Å². The summed E-state index contributed by atoms with van der Waals surface area (Å²) in [6.45, 7) is 0.235. The van der Waals surface area contributed by atoms with E-state index in [0.29, 0.717) is 6.42 Å². The van der Waals surface area contributed by atoms with Gasteiger partial charge in [-0.15, -0.1) is 11.3 Å². The van der Waals surface area contributed by atoms with Crippen LogP contribution in [0.5, 0.6) is 5.75 Å². The van der Waals surface area contributed by atoms with Crippen molar-refractivity contribution in [3.63, 3.8) is 0 Å². The zero-order chi connectivity index (χ0) is 15.3. The van der Waals surface area contributed by atoms with Crippen molar-refractivity contribution in [1.82, 2.24) is 4.72 Å². The summed E-state index contributed by atoms with van der Waals surface area (Å²) in [4.78, 5) is 0.849. The third-order valence-electron chi connectivity index (χ3n) is 2.89. The van der Waals surface area contributed by atoms with Crippen LogP contribution in [0.4, 0.5) is 0 Å². The molecule has 0 aliphatic carbocycles. The van der Waals surface area contributed by atoms with Crippen LogP contribution in [-0.2, 0) is 23.0 Å². The summed E-state index contributed by atoms with van der Waals surface area (Å²) in [6, 6.07) is 10.5. The number of methoxy groups -OCH3 is 1. The first-order valence-electron chi connectivity index (χ1n) is 6.37. The lowest BCUT2D eigenvalue weighted by Crippen LogP contribution is -2.22. The van der Waals surface area contributed by atoms with Crippen molar-refractivity contribution in [2.24, 2.45) is 0 Å². The smallest absolute Gasteiger partial charge is 0.250 e. The monoisotopic (exact) mass is 327 g/mol. The molecule has 0 unspecified atom stereocenters. The van der Waals surface area contributed by atoms with Crippen LogP contribution >= 0.6 is 11.3 Å². The van der Waals surface area contributed by atoms with Gasteiger partial charge in [0.05, 0.1) is 7.11 Å². The van der Waals surface area contributed by atoms with Gasteiger partial charge in [-0.1, -0.05) is 12.1 Å². The number of sulfonamides is 1. The molecule has 114 valence electrons. The molecule has 0 atom stereocenters. The van der Waals surface area contributed by atoms with Gasteiger partial charge >= 0.3 is 0 Å². The van der Waals surface area contributed by atoms with E-state index in [1.54, 1.807) is 31.4 Å². The highest BCUT2D eigenvalue weighted by molar-refractivity contribution is 7.91. The second kappa shape index (κ2) is 7.04. The molecule has 21 heavy (non-hydrogen) atoms. The summed E-state index contributed by atoms with van der Waals surface area (Å²) in [6.07, 6.45) is 0.471. The van der Waals surface area contributed by atoms with Crippen LogP contribution in [0.1, 0.15) is 10.4 Å². The summed E-state index contributed by atoms with van der Waals surface area (Å²) in [7, 11) is -1.93. The average Bonchev–Trinajstić information content (AvgIpc) is 2.96. The van der Waals surface area contributed by atoms with Crippen LogP contribution in [0.25, 0.3) is 0 Å². The lowest BCUT2D eigenvalue weighted by atomic mass is 10.2. The molecule has 1 heterocycles. The first-order valence-corrected chi connectivity index (χ1v) is 8.67. The first-order chi connectivity index (χ1) is 10.0. The van der Waals surface area contributed by atoms with E-state index in [1.807, 2.05) is 12.1 Å². The molecule has 2 aromatic rings. The Kier molecular flexibility index (Phi) is 5.35. The molecule has 2 N–H and O–H groups in total. The van der Waals surface area contributed by atoms with Gasteiger partial charge in [-0.2, -0.15) is 0 Å². The molecule has 1 aromatic carbocycles. The van der Waals surface area contributed by atoms with E-state index in [4.69, 9.17) is 9.84 Å². The summed E-state index contributed by atoms with van der Waals surface area (Å²) < 4.78 is 32.2. The molecule has 5 nitrogen and oxygen atoms in total. The number of nitrogens with one attached hydrogen (secondary N) is 1. The van der Waals surface area contributed by atoms with Crippen molar-refractivity contribution in [3.8, 4) is 5.75 Å². The highest BCUT2D eigenvalue weighted by atomic mass is 32.2. The molecular weight excluding hydrogens is 310 g/mol. The summed E-state index contributed by atoms with van der Waals surface area (Å²) >= 11 is 1.18. The van der Waals surface area contributed by atoms with E-state index in [9.17, 15) is 8.42 Å². The summed E-state index contributed by atoms with van der Waals surface area (Å²) in [5.74, 6) is 0.730. The van der Waals surface area contributed by atoms with Gasteiger partial charge in [-0.25, -0.2) is 13.1 Å². The minimum Gasteiger partial charge on any atom is -0.497 e. The lowest BCUT2D eigenvalue weighted by molar-refractivity contribution is 0.300. The maximum atomic E-state index is 12.2. The van der Waals surface area contributed by atoms with Crippen molar-refractivity contribution in [1.29, 1.82) is 0 Å². The number of benzene rings is 1. The standard InChI is InChI=1S/C14H17NO4S2/c1-19-12-4-2-11(3-5-12)10-15-21(17,18)14-7-6-13(20-14)8-9-16/h2-7,15-16H,8-10H2,1H3. The Bertz CT molecular complexity index is 677. The fourth-order valence-corrected chi connectivity index (χ4v) is 4.15. The van der Waals surface area contributed by atoms with E-state index in [0.717, 1.165) is 16.2 Å². The number of thiophene rings is 1. The maximum Gasteiger partial charge on any atom is 0.250 e. The van der Waals surface area contributed by atoms with Crippen LogP contribution < -0.4 is 9.46 Å². The van der Waals surface area contributed by atoms with E-state index in [2.05, 4.69) is 4.72 Å². The zero-order valence-corrected chi connectivity index (χ0v) is 13.2. The third-order valence-corrected chi connectivity index (χ3v) is 5.92. The topological polar surface area (TPSA) is 75.6 Å². The molecule has 7 heteroatoms. The van der Waals surface area contributed by atoms with Crippen LogP contribution in [0.15, 0.2) is 40.6 Å². The third kappa shape index (κ3) is 4.28. The number of rotatable bonds is 7. The molecule has 0 aliphatic rings. The van der Waals surface area contributed by atoms with Crippen LogP contribution in [-0.4, -0.2) is 27.2 Å². The van der Waals surface area contributed by atoms with Gasteiger partial charge in [-0.3, -0.25) is 0 Å². The number of aliphatic hydroxyl groups excluding tert-OH is 1. The first kappa shape index (κ1) is 16.0. The fraction of sp³-hybridized carbons (Fsp3) is 0.286. The largest absolute Gasteiger partial charge is 0.497 e. The number of aliphatic hydroxyl groups is 1. The Labute approximate surface area is 128 Å². The van der Waals surface area contributed by atoms with E-state index in [1.165, 1.54) is 11.3 Å². The highest BCUT2D eigenvalue weighted by Crippen LogP contribution is 2.22. The number of hydrogen-bond acceptors (Lipinski definition) is 5. The fourth-order valence-electron chi connectivity index (χ4n) is 1.74. The van der Waals surface area contributed by atoms with E-state index >= 15 is 0 Å². The second-order valence-corrected chi connectivity index (χ2v) is 7.53. The Morgan fingerprint density at radius 1 is 1.19 bits per heavy atom. The molecule has 0 amide bonds. The van der Waals surface area contributed by atoms with Gasteiger partial charge in [0.1, 0.15) is 9.96 Å². The van der Waals surface area contributed by atoms with Crippen molar-refractivity contribution < 1.29 is 18.3 Å². The summed E-state index contributed by atoms with van der Waals surface area (Å²) in [5.41, 5.74) is 0.853. The predicted molar refractivity (Wildman–Crippen MR) is 82.1 cm³/mol. The molecule has 0 fully saturated rings. The Balaban J connectivity index is 2.02. The average molecular weight is 327 g/mol. The molecule has 1 aromatic heterocycles. The number of ether oxygens (including phenoxy) is 1. The molecule has 0 radical (unpaired) electrons.